The van der Waals surface area contributed by atoms with E-state index in [0.29, 0.717) is 6.54 Å². The summed E-state index contributed by atoms with van der Waals surface area (Å²) in [6.45, 7) is 2.44. The number of nitrogens with zero attached hydrogens (tertiary/aromatic N) is 1. The Bertz CT molecular complexity index is 515. The predicted molar refractivity (Wildman–Crippen MR) is 77.5 cm³/mol. The number of aryl methyl sites for hydroxylation is 1. The fourth-order valence-electron chi connectivity index (χ4n) is 1.57. The summed E-state index contributed by atoms with van der Waals surface area (Å²) in [5.74, 6) is 0.237. The molecule has 5 heteroatoms. The molecule has 1 atom stereocenters. The van der Waals surface area contributed by atoms with Crippen LogP contribution in [-0.4, -0.2) is 28.0 Å². The van der Waals surface area contributed by atoms with Gasteiger partial charge in [-0.3, -0.25) is 0 Å². The van der Waals surface area contributed by atoms with Gasteiger partial charge >= 0.3 is 0 Å². The molecule has 0 radical (unpaired) electrons. The Labute approximate surface area is 116 Å². The van der Waals surface area contributed by atoms with Crippen molar-refractivity contribution in [3.8, 4) is 10.4 Å². The van der Waals surface area contributed by atoms with Gasteiger partial charge in [0.2, 0.25) is 0 Å². The topological polar surface area (TPSA) is 45.1 Å². The maximum atomic E-state index is 9.41. The Hall–Kier alpha value is -1.10. The van der Waals surface area contributed by atoms with E-state index in [1.54, 1.807) is 0 Å². The van der Waals surface area contributed by atoms with Crippen molar-refractivity contribution in [1.29, 1.82) is 0 Å². The Morgan fingerprint density at radius 2 is 2.28 bits per heavy atom. The summed E-state index contributed by atoms with van der Waals surface area (Å²) in [5, 5.41) is 12.6. The second kappa shape index (κ2) is 6.18. The van der Waals surface area contributed by atoms with Crippen molar-refractivity contribution in [1.82, 2.24) is 4.37 Å². The number of halogens is 1. The van der Waals surface area contributed by atoms with Crippen LogP contribution in [0.3, 0.4) is 0 Å². The summed E-state index contributed by atoms with van der Waals surface area (Å²) in [5.41, 5.74) is 3.14. The molecule has 18 heavy (non-hydrogen) atoms. The van der Waals surface area contributed by atoms with Gasteiger partial charge in [-0.2, -0.15) is 4.37 Å². The Balaban J connectivity index is 2.10. The molecule has 3 nitrogen and oxygen atoms in total. The third-order valence-corrected chi connectivity index (χ3v) is 3.78. The first-order valence-corrected chi connectivity index (χ1v) is 7.01. The highest BCUT2D eigenvalue weighted by atomic mass is 35.5. The van der Waals surface area contributed by atoms with Crippen molar-refractivity contribution < 1.29 is 5.11 Å². The average Bonchev–Trinajstić information content (AvgIpc) is 2.83. The van der Waals surface area contributed by atoms with Crippen LogP contribution in [0, 0.1) is 6.92 Å². The van der Waals surface area contributed by atoms with E-state index in [0.717, 1.165) is 21.8 Å². The van der Waals surface area contributed by atoms with Crippen LogP contribution in [-0.2, 0) is 0 Å². The van der Waals surface area contributed by atoms with E-state index in [1.165, 1.54) is 11.5 Å². The monoisotopic (exact) mass is 282 g/mol. The van der Waals surface area contributed by atoms with Crippen LogP contribution < -0.4 is 5.32 Å². The lowest BCUT2D eigenvalue weighted by atomic mass is 10.1. The van der Waals surface area contributed by atoms with Crippen molar-refractivity contribution in [2.75, 3.05) is 17.7 Å². The van der Waals surface area contributed by atoms with Crippen molar-refractivity contribution >= 4 is 28.8 Å². The Morgan fingerprint density at radius 1 is 1.44 bits per heavy atom. The lowest BCUT2D eigenvalue weighted by molar-refractivity contribution is 0.211. The fourth-order valence-corrected chi connectivity index (χ4v) is 2.43. The minimum Gasteiger partial charge on any atom is -0.390 e. The van der Waals surface area contributed by atoms with Gasteiger partial charge in [0.15, 0.2) is 0 Å². The van der Waals surface area contributed by atoms with Gasteiger partial charge in [0, 0.05) is 12.2 Å². The number of aliphatic hydroxyl groups excluding tert-OH is 1. The molecule has 0 aliphatic heterocycles. The molecule has 1 unspecified atom stereocenters. The molecule has 0 fully saturated rings. The lowest BCUT2D eigenvalue weighted by Crippen LogP contribution is -2.20. The van der Waals surface area contributed by atoms with Gasteiger partial charge in [-0.15, -0.1) is 11.6 Å². The molecule has 0 saturated carbocycles. The van der Waals surface area contributed by atoms with Crippen LogP contribution in [0.2, 0.25) is 0 Å². The van der Waals surface area contributed by atoms with E-state index in [2.05, 4.69) is 21.8 Å². The normalized spacial score (nSPS) is 12.4. The molecule has 2 aromatic rings. The van der Waals surface area contributed by atoms with Gasteiger partial charge in [0.05, 0.1) is 22.6 Å². The first-order chi connectivity index (χ1) is 8.69. The highest BCUT2D eigenvalue weighted by Crippen LogP contribution is 2.26. The number of rotatable bonds is 5. The van der Waals surface area contributed by atoms with Gasteiger partial charge in [0.25, 0.3) is 0 Å². The maximum Gasteiger partial charge on any atom is 0.0847 e. The van der Waals surface area contributed by atoms with Gasteiger partial charge < -0.3 is 10.4 Å². The number of hydrogen-bond acceptors (Lipinski definition) is 4. The molecule has 0 aliphatic carbocycles. The lowest BCUT2D eigenvalue weighted by Gasteiger charge is -2.10. The second-order valence-corrected chi connectivity index (χ2v) is 5.22. The SMILES string of the molecule is Cc1cc(-c2cccc(NCC(O)CCl)c2)sn1. The van der Waals surface area contributed by atoms with Crippen LogP contribution in [0.5, 0.6) is 0 Å². The predicted octanol–water partition coefficient (Wildman–Crippen LogP) is 3.13. The molecule has 0 bridgehead atoms. The minimum atomic E-state index is -0.527. The number of alkyl halides is 1. The number of hydrogen-bond donors (Lipinski definition) is 2. The standard InChI is InChI=1S/C13H15ClN2OS/c1-9-5-13(18-16-9)10-3-2-4-11(6-10)15-8-12(17)7-14/h2-6,12,15,17H,7-8H2,1H3. The van der Waals surface area contributed by atoms with Crippen LogP contribution in [0.4, 0.5) is 5.69 Å². The molecule has 1 aromatic carbocycles. The smallest absolute Gasteiger partial charge is 0.0847 e. The van der Waals surface area contributed by atoms with Crippen LogP contribution in [0.1, 0.15) is 5.69 Å². The van der Waals surface area contributed by atoms with Gasteiger partial charge in [0.1, 0.15) is 0 Å². The quantitative estimate of drug-likeness (QED) is 0.828. The summed E-state index contributed by atoms with van der Waals surface area (Å²) in [4.78, 5) is 1.15. The van der Waals surface area contributed by atoms with Gasteiger partial charge in [-0.25, -0.2) is 0 Å². The zero-order valence-electron chi connectivity index (χ0n) is 10.1. The van der Waals surface area contributed by atoms with E-state index in [4.69, 9.17) is 11.6 Å². The van der Waals surface area contributed by atoms with Crippen molar-refractivity contribution in [2.45, 2.75) is 13.0 Å². The van der Waals surface area contributed by atoms with E-state index >= 15 is 0 Å². The van der Waals surface area contributed by atoms with E-state index in [9.17, 15) is 5.11 Å². The molecule has 2 rings (SSSR count). The molecular formula is C13H15ClN2OS. The van der Waals surface area contributed by atoms with E-state index in [-0.39, 0.29) is 5.88 Å². The summed E-state index contributed by atoms with van der Waals surface area (Å²) in [6.07, 6.45) is -0.527. The fraction of sp³-hybridized carbons (Fsp3) is 0.308. The number of anilines is 1. The highest BCUT2D eigenvalue weighted by Gasteiger charge is 2.04. The van der Waals surface area contributed by atoms with Gasteiger partial charge in [-0.1, -0.05) is 12.1 Å². The van der Waals surface area contributed by atoms with E-state index < -0.39 is 6.10 Å². The Morgan fingerprint density at radius 3 is 2.94 bits per heavy atom. The zero-order valence-corrected chi connectivity index (χ0v) is 11.6. The highest BCUT2D eigenvalue weighted by molar-refractivity contribution is 7.09. The third-order valence-electron chi connectivity index (χ3n) is 2.49. The van der Waals surface area contributed by atoms with Crippen LogP contribution >= 0.6 is 23.1 Å². The largest absolute Gasteiger partial charge is 0.390 e. The summed E-state index contributed by atoms with van der Waals surface area (Å²) in [6, 6.07) is 10.1. The van der Waals surface area contributed by atoms with Crippen molar-refractivity contribution in [3.63, 3.8) is 0 Å². The number of aliphatic hydroxyl groups is 1. The molecule has 0 saturated heterocycles. The molecular weight excluding hydrogens is 268 g/mol. The van der Waals surface area contributed by atoms with Crippen LogP contribution in [0.15, 0.2) is 30.3 Å². The number of aromatic nitrogens is 1. The molecule has 1 aromatic heterocycles. The first kappa shape index (κ1) is 13.3. The molecule has 0 spiro atoms. The third kappa shape index (κ3) is 3.45. The number of nitrogens with one attached hydrogen (secondary N) is 1. The molecule has 0 aliphatic rings. The molecule has 96 valence electrons. The second-order valence-electron chi connectivity index (χ2n) is 4.10. The molecule has 0 amide bonds. The van der Waals surface area contributed by atoms with Crippen molar-refractivity contribution in [3.05, 3.63) is 36.0 Å². The maximum absolute atomic E-state index is 9.41. The summed E-state index contributed by atoms with van der Waals surface area (Å²) < 4.78 is 4.27. The van der Waals surface area contributed by atoms with E-state index in [1.807, 2.05) is 25.1 Å². The zero-order chi connectivity index (χ0) is 13.0. The summed E-state index contributed by atoms with van der Waals surface area (Å²) in [7, 11) is 0. The Kier molecular flexibility index (Phi) is 4.58. The van der Waals surface area contributed by atoms with Crippen molar-refractivity contribution in [2.24, 2.45) is 0 Å². The van der Waals surface area contributed by atoms with Gasteiger partial charge in [-0.05, 0) is 42.2 Å². The average molecular weight is 283 g/mol. The molecule has 1 heterocycles. The summed E-state index contributed by atoms with van der Waals surface area (Å²) >= 11 is 7.04. The minimum absolute atomic E-state index is 0.237. The van der Waals surface area contributed by atoms with Crippen LogP contribution in [0.25, 0.3) is 10.4 Å². The number of benzene rings is 1. The first-order valence-electron chi connectivity index (χ1n) is 5.70. The molecule has 2 N–H and O–H groups in total.